The SMILES string of the molecule is Cc1cc(C2CC2)cnc1N1CCN(C(=O)c2cnc(N3CCCS3(=O)=O)nc2)CC1. The summed E-state index contributed by atoms with van der Waals surface area (Å²) in [5.74, 6) is 1.79. The zero-order chi connectivity index (χ0) is 21.6. The highest BCUT2D eigenvalue weighted by atomic mass is 32.2. The first-order chi connectivity index (χ1) is 14.9. The minimum absolute atomic E-state index is 0.110. The summed E-state index contributed by atoms with van der Waals surface area (Å²) >= 11 is 0. The number of aryl methyl sites for hydroxylation is 1. The van der Waals surface area contributed by atoms with E-state index in [0.717, 1.165) is 5.82 Å². The molecule has 2 aromatic rings. The van der Waals surface area contributed by atoms with E-state index in [-0.39, 0.29) is 17.6 Å². The molecule has 0 N–H and O–H groups in total. The first-order valence-electron chi connectivity index (χ1n) is 10.8. The van der Waals surface area contributed by atoms with Crippen LogP contribution in [0.1, 0.15) is 46.7 Å². The number of aromatic nitrogens is 3. The molecule has 0 aromatic carbocycles. The van der Waals surface area contributed by atoms with Crippen LogP contribution in [0.3, 0.4) is 0 Å². The summed E-state index contributed by atoms with van der Waals surface area (Å²) in [4.78, 5) is 29.9. The van der Waals surface area contributed by atoms with Gasteiger partial charge in [-0.15, -0.1) is 0 Å². The lowest BCUT2D eigenvalue weighted by Crippen LogP contribution is -2.49. The largest absolute Gasteiger partial charge is 0.353 e. The Kier molecular flexibility index (Phi) is 5.04. The van der Waals surface area contributed by atoms with Gasteiger partial charge in [0.15, 0.2) is 0 Å². The van der Waals surface area contributed by atoms with Gasteiger partial charge in [0.05, 0.1) is 11.3 Å². The molecule has 2 aliphatic heterocycles. The van der Waals surface area contributed by atoms with Gasteiger partial charge in [-0.1, -0.05) is 6.07 Å². The fourth-order valence-electron chi connectivity index (χ4n) is 4.29. The van der Waals surface area contributed by atoms with Crippen molar-refractivity contribution in [1.29, 1.82) is 0 Å². The minimum atomic E-state index is -3.33. The molecule has 1 saturated carbocycles. The lowest BCUT2D eigenvalue weighted by molar-refractivity contribution is 0.0745. The van der Waals surface area contributed by atoms with Crippen LogP contribution in [0.2, 0.25) is 0 Å². The van der Waals surface area contributed by atoms with Gasteiger partial charge in [-0.3, -0.25) is 4.79 Å². The predicted octanol–water partition coefficient (Wildman–Crippen LogP) is 1.56. The summed E-state index contributed by atoms with van der Waals surface area (Å²) in [5, 5.41) is 0. The second-order valence-electron chi connectivity index (χ2n) is 8.48. The fourth-order valence-corrected chi connectivity index (χ4v) is 5.75. The van der Waals surface area contributed by atoms with E-state index in [1.807, 2.05) is 6.20 Å². The third kappa shape index (κ3) is 3.96. The normalized spacial score (nSPS) is 20.9. The number of carbonyl (C=O) groups excluding carboxylic acids is 1. The average Bonchev–Trinajstić information content (AvgIpc) is 3.56. The standard InChI is InChI=1S/C21H26N6O3S/c1-15-11-17(16-3-4-16)12-22-19(15)25-6-8-26(9-7-25)20(28)18-13-23-21(24-14-18)27-5-2-10-31(27,29)30/h11-14,16H,2-10H2,1H3. The quantitative estimate of drug-likeness (QED) is 0.708. The van der Waals surface area contributed by atoms with Crippen molar-refractivity contribution in [2.75, 3.05) is 47.7 Å². The lowest BCUT2D eigenvalue weighted by Gasteiger charge is -2.36. The highest BCUT2D eigenvalue weighted by molar-refractivity contribution is 7.93. The van der Waals surface area contributed by atoms with Gasteiger partial charge in [0.1, 0.15) is 5.82 Å². The van der Waals surface area contributed by atoms with Crippen LogP contribution in [-0.2, 0) is 10.0 Å². The molecular weight excluding hydrogens is 416 g/mol. The molecule has 0 radical (unpaired) electrons. The Morgan fingerprint density at radius 1 is 1.00 bits per heavy atom. The van der Waals surface area contributed by atoms with Crippen LogP contribution in [0.25, 0.3) is 0 Å². The summed E-state index contributed by atoms with van der Waals surface area (Å²) in [6.45, 7) is 5.09. The Balaban J connectivity index is 1.22. The van der Waals surface area contributed by atoms with Gasteiger partial charge in [-0.05, 0) is 43.2 Å². The zero-order valence-corrected chi connectivity index (χ0v) is 18.4. The number of hydrogen-bond acceptors (Lipinski definition) is 7. The molecule has 164 valence electrons. The maximum Gasteiger partial charge on any atom is 0.257 e. The van der Waals surface area contributed by atoms with Gasteiger partial charge in [0.2, 0.25) is 16.0 Å². The van der Waals surface area contributed by atoms with E-state index in [9.17, 15) is 13.2 Å². The van der Waals surface area contributed by atoms with Gasteiger partial charge >= 0.3 is 0 Å². The Labute approximate surface area is 182 Å². The Bertz CT molecular complexity index is 1090. The number of rotatable bonds is 4. The van der Waals surface area contributed by atoms with Crippen LogP contribution in [0.15, 0.2) is 24.7 Å². The monoisotopic (exact) mass is 442 g/mol. The average molecular weight is 443 g/mol. The van der Waals surface area contributed by atoms with Gasteiger partial charge in [0, 0.05) is 51.3 Å². The lowest BCUT2D eigenvalue weighted by atomic mass is 10.1. The molecule has 3 fully saturated rings. The smallest absolute Gasteiger partial charge is 0.257 e. The topological polar surface area (TPSA) is 99.6 Å². The summed E-state index contributed by atoms with van der Waals surface area (Å²) in [6.07, 6.45) is 7.94. The Morgan fingerprint density at radius 2 is 1.71 bits per heavy atom. The molecule has 1 amide bonds. The van der Waals surface area contributed by atoms with Crippen molar-refractivity contribution in [3.05, 3.63) is 41.3 Å². The van der Waals surface area contributed by atoms with Gasteiger partial charge in [0.25, 0.3) is 5.91 Å². The van der Waals surface area contributed by atoms with E-state index in [2.05, 4.69) is 27.9 Å². The number of sulfonamides is 1. The molecule has 31 heavy (non-hydrogen) atoms. The summed E-state index contributed by atoms with van der Waals surface area (Å²) < 4.78 is 25.2. The number of hydrogen-bond donors (Lipinski definition) is 0. The number of nitrogens with zero attached hydrogens (tertiary/aromatic N) is 6. The second kappa shape index (κ2) is 7.74. The zero-order valence-electron chi connectivity index (χ0n) is 17.6. The molecule has 1 aliphatic carbocycles. The van der Waals surface area contributed by atoms with E-state index >= 15 is 0 Å². The Hall–Kier alpha value is -2.75. The molecule has 0 unspecified atom stereocenters. The maximum absolute atomic E-state index is 12.9. The fraction of sp³-hybridized carbons (Fsp3) is 0.524. The van der Waals surface area contributed by atoms with Crippen LogP contribution in [0.4, 0.5) is 11.8 Å². The third-order valence-corrected chi connectivity index (χ3v) is 8.02. The Morgan fingerprint density at radius 3 is 2.29 bits per heavy atom. The number of carbonyl (C=O) groups is 1. The van der Waals surface area contributed by atoms with Crippen molar-refractivity contribution < 1.29 is 13.2 Å². The predicted molar refractivity (Wildman–Crippen MR) is 117 cm³/mol. The van der Waals surface area contributed by atoms with Crippen LogP contribution in [0, 0.1) is 6.92 Å². The first kappa shape index (κ1) is 20.2. The van der Waals surface area contributed by atoms with Crippen molar-refractivity contribution in [1.82, 2.24) is 19.9 Å². The number of piperazine rings is 1. The van der Waals surface area contributed by atoms with Crippen LogP contribution in [-0.4, -0.2) is 72.7 Å². The molecule has 9 nitrogen and oxygen atoms in total. The van der Waals surface area contributed by atoms with E-state index in [1.165, 1.54) is 40.7 Å². The molecule has 4 heterocycles. The van der Waals surface area contributed by atoms with Gasteiger partial charge < -0.3 is 9.80 Å². The number of anilines is 2. The van der Waals surface area contributed by atoms with Gasteiger partial charge in [-0.2, -0.15) is 0 Å². The minimum Gasteiger partial charge on any atom is -0.353 e. The molecule has 2 saturated heterocycles. The molecule has 2 aromatic heterocycles. The maximum atomic E-state index is 12.9. The molecule has 10 heteroatoms. The summed E-state index contributed by atoms with van der Waals surface area (Å²) in [7, 11) is -3.33. The molecule has 0 atom stereocenters. The van der Waals surface area contributed by atoms with Crippen molar-refractivity contribution in [3.8, 4) is 0 Å². The molecule has 3 aliphatic rings. The van der Waals surface area contributed by atoms with Crippen LogP contribution in [0.5, 0.6) is 0 Å². The molecule has 5 rings (SSSR count). The second-order valence-corrected chi connectivity index (χ2v) is 10.5. The third-order valence-electron chi connectivity index (χ3n) is 6.19. The summed E-state index contributed by atoms with van der Waals surface area (Å²) in [6, 6.07) is 2.25. The van der Waals surface area contributed by atoms with Crippen LogP contribution < -0.4 is 9.21 Å². The van der Waals surface area contributed by atoms with Gasteiger partial charge in [-0.25, -0.2) is 27.7 Å². The van der Waals surface area contributed by atoms with E-state index in [0.29, 0.717) is 50.6 Å². The molecular formula is C21H26N6O3S. The van der Waals surface area contributed by atoms with E-state index < -0.39 is 10.0 Å². The van der Waals surface area contributed by atoms with Crippen molar-refractivity contribution >= 4 is 27.7 Å². The highest BCUT2D eigenvalue weighted by Crippen LogP contribution is 2.40. The number of pyridine rings is 1. The van der Waals surface area contributed by atoms with Crippen molar-refractivity contribution in [2.45, 2.75) is 32.1 Å². The highest BCUT2D eigenvalue weighted by Gasteiger charge is 2.31. The van der Waals surface area contributed by atoms with E-state index in [1.54, 1.807) is 4.90 Å². The van der Waals surface area contributed by atoms with Crippen LogP contribution >= 0.6 is 0 Å². The van der Waals surface area contributed by atoms with Crippen molar-refractivity contribution in [2.24, 2.45) is 0 Å². The molecule has 0 spiro atoms. The van der Waals surface area contributed by atoms with E-state index in [4.69, 9.17) is 4.98 Å². The summed E-state index contributed by atoms with van der Waals surface area (Å²) in [5.41, 5.74) is 2.89. The molecule has 0 bridgehead atoms. The van der Waals surface area contributed by atoms with Crippen molar-refractivity contribution in [3.63, 3.8) is 0 Å². The number of amides is 1. The first-order valence-corrected chi connectivity index (χ1v) is 12.4.